The van der Waals surface area contributed by atoms with E-state index in [0.717, 1.165) is 4.57 Å². The molecule has 3 aromatic heterocycles. The van der Waals surface area contributed by atoms with Crippen LogP contribution in [-0.4, -0.2) is 41.7 Å². The molecule has 0 spiro atoms. The maximum atomic E-state index is 12.5. The minimum Gasteiger partial charge on any atom is -0.494 e. The Morgan fingerprint density at radius 3 is 2.52 bits per heavy atom. The van der Waals surface area contributed by atoms with Crippen LogP contribution < -0.4 is 21.3 Å². The van der Waals surface area contributed by atoms with Gasteiger partial charge in [-0.1, -0.05) is 0 Å². The second kappa shape index (κ2) is 6.19. The minimum atomic E-state index is -0.637. The van der Waals surface area contributed by atoms with Gasteiger partial charge in [0, 0.05) is 14.1 Å². The van der Waals surface area contributed by atoms with Gasteiger partial charge in [-0.15, -0.1) is 0 Å². The summed E-state index contributed by atoms with van der Waals surface area (Å²) >= 11 is 0. The second-order valence-electron chi connectivity index (χ2n) is 5.26. The summed E-state index contributed by atoms with van der Waals surface area (Å²) < 4.78 is 8.47. The van der Waals surface area contributed by atoms with Crippen LogP contribution >= 0.6 is 0 Å². The average Bonchev–Trinajstić information content (AvgIpc) is 2.99. The Bertz CT molecular complexity index is 1060. The summed E-state index contributed by atoms with van der Waals surface area (Å²) in [6.45, 7) is -0.470. The largest absolute Gasteiger partial charge is 0.494 e. The van der Waals surface area contributed by atoms with Gasteiger partial charge in [0.2, 0.25) is 11.9 Å². The van der Waals surface area contributed by atoms with Crippen molar-refractivity contribution in [2.24, 2.45) is 14.1 Å². The van der Waals surface area contributed by atoms with Crippen molar-refractivity contribution in [1.29, 1.82) is 0 Å². The molecule has 3 aromatic rings. The van der Waals surface area contributed by atoms with Crippen molar-refractivity contribution >= 4 is 23.0 Å². The average molecular weight is 345 g/mol. The van der Waals surface area contributed by atoms with Gasteiger partial charge in [0.15, 0.2) is 16.9 Å². The number of nitrogens with zero attached hydrogens (tertiary/aromatic N) is 6. The van der Waals surface area contributed by atoms with Gasteiger partial charge in [-0.2, -0.15) is 0 Å². The van der Waals surface area contributed by atoms with E-state index >= 15 is 0 Å². The predicted molar refractivity (Wildman–Crippen MR) is 87.4 cm³/mol. The Morgan fingerprint density at radius 2 is 1.88 bits per heavy atom. The van der Waals surface area contributed by atoms with Crippen molar-refractivity contribution < 1.29 is 9.53 Å². The normalized spacial score (nSPS) is 10.8. The first-order valence-corrected chi connectivity index (χ1v) is 7.19. The maximum absolute atomic E-state index is 12.5. The molecule has 0 aromatic carbocycles. The van der Waals surface area contributed by atoms with Gasteiger partial charge < -0.3 is 9.30 Å². The summed E-state index contributed by atoms with van der Waals surface area (Å²) in [4.78, 5) is 48.8. The monoisotopic (exact) mass is 345 g/mol. The number of hydrogen-bond acceptors (Lipinski definition) is 7. The summed E-state index contributed by atoms with van der Waals surface area (Å²) in [6, 6.07) is 0. The number of methoxy groups -OCH3 is 1. The lowest BCUT2D eigenvalue weighted by molar-refractivity contribution is -0.116. The van der Waals surface area contributed by atoms with Gasteiger partial charge in [0.1, 0.15) is 6.54 Å². The fraction of sp³-hybridized carbons (Fsp3) is 0.286. The zero-order valence-electron chi connectivity index (χ0n) is 13.8. The number of nitrogens with one attached hydrogen (secondary N) is 1. The molecule has 0 saturated heterocycles. The van der Waals surface area contributed by atoms with Crippen LogP contribution in [0.15, 0.2) is 28.3 Å². The second-order valence-corrected chi connectivity index (χ2v) is 5.26. The Hall–Kier alpha value is -3.50. The Kier molecular flexibility index (Phi) is 4.05. The molecule has 0 saturated carbocycles. The van der Waals surface area contributed by atoms with E-state index in [0.29, 0.717) is 5.75 Å². The van der Waals surface area contributed by atoms with Crippen LogP contribution in [0.1, 0.15) is 0 Å². The van der Waals surface area contributed by atoms with Gasteiger partial charge in [0.05, 0.1) is 25.8 Å². The number of hydrogen-bond donors (Lipinski definition) is 1. The highest BCUT2D eigenvalue weighted by Gasteiger charge is 2.17. The molecular formula is C14H15N7O4. The molecule has 1 amide bonds. The fourth-order valence-corrected chi connectivity index (χ4v) is 2.33. The smallest absolute Gasteiger partial charge is 0.332 e. The highest BCUT2D eigenvalue weighted by Crippen LogP contribution is 2.07. The third kappa shape index (κ3) is 2.86. The van der Waals surface area contributed by atoms with E-state index in [1.807, 2.05) is 0 Å². The van der Waals surface area contributed by atoms with Crippen molar-refractivity contribution in [1.82, 2.24) is 28.7 Å². The first kappa shape index (κ1) is 16.4. The lowest BCUT2D eigenvalue weighted by Gasteiger charge is -2.08. The molecule has 1 N–H and O–H groups in total. The standard InChI is InChI=1S/C14H15N7O4/c1-19-7-17-11-10(19)12(23)21(14(24)20(11)2)6-9(22)18-13-15-4-8(25-3)5-16-13/h4-5,7H,6H2,1-3H3,(H,15,16,18,22). The fourth-order valence-electron chi connectivity index (χ4n) is 2.33. The number of anilines is 1. The molecule has 130 valence electrons. The van der Waals surface area contributed by atoms with E-state index in [1.54, 1.807) is 7.05 Å². The van der Waals surface area contributed by atoms with E-state index in [9.17, 15) is 14.4 Å². The molecule has 0 aliphatic heterocycles. The highest BCUT2D eigenvalue weighted by molar-refractivity contribution is 5.88. The first-order valence-electron chi connectivity index (χ1n) is 7.19. The van der Waals surface area contributed by atoms with E-state index in [4.69, 9.17) is 4.74 Å². The molecule has 0 bridgehead atoms. The van der Waals surface area contributed by atoms with Gasteiger partial charge in [-0.25, -0.2) is 24.3 Å². The van der Waals surface area contributed by atoms with Crippen molar-refractivity contribution in [3.63, 3.8) is 0 Å². The molecule has 0 radical (unpaired) electrons. The van der Waals surface area contributed by atoms with Gasteiger partial charge in [0.25, 0.3) is 5.56 Å². The van der Waals surface area contributed by atoms with Crippen LogP contribution in [0.2, 0.25) is 0 Å². The van der Waals surface area contributed by atoms with Crippen molar-refractivity contribution in [3.05, 3.63) is 39.6 Å². The number of aryl methyl sites for hydroxylation is 2. The van der Waals surface area contributed by atoms with Crippen LogP contribution in [0.25, 0.3) is 11.2 Å². The van der Waals surface area contributed by atoms with Crippen LogP contribution in [0.4, 0.5) is 5.95 Å². The maximum Gasteiger partial charge on any atom is 0.332 e. The first-order chi connectivity index (χ1) is 11.9. The molecular weight excluding hydrogens is 330 g/mol. The topological polar surface area (TPSA) is 126 Å². The minimum absolute atomic E-state index is 0.0392. The summed E-state index contributed by atoms with van der Waals surface area (Å²) in [6.07, 6.45) is 4.20. The Morgan fingerprint density at radius 1 is 1.20 bits per heavy atom. The number of imidazole rings is 1. The quantitative estimate of drug-likeness (QED) is 0.634. The van der Waals surface area contributed by atoms with Gasteiger partial charge in [-0.05, 0) is 0 Å². The summed E-state index contributed by atoms with van der Waals surface area (Å²) in [7, 11) is 4.59. The van der Waals surface area contributed by atoms with Gasteiger partial charge in [-0.3, -0.25) is 19.5 Å². The number of amides is 1. The zero-order valence-corrected chi connectivity index (χ0v) is 13.8. The van der Waals surface area contributed by atoms with E-state index < -0.39 is 23.7 Å². The van der Waals surface area contributed by atoms with Crippen LogP contribution in [0, 0.1) is 0 Å². The molecule has 0 unspecified atom stereocenters. The molecule has 0 aliphatic rings. The number of carbonyl (C=O) groups is 1. The van der Waals surface area contributed by atoms with Crippen LogP contribution in [-0.2, 0) is 25.4 Å². The van der Waals surface area contributed by atoms with E-state index in [1.165, 1.54) is 42.0 Å². The van der Waals surface area contributed by atoms with E-state index in [-0.39, 0.29) is 17.1 Å². The zero-order chi connectivity index (χ0) is 18.1. The third-order valence-electron chi connectivity index (χ3n) is 3.62. The SMILES string of the molecule is COc1cnc(NC(=O)Cn2c(=O)c3c(ncn3C)n(C)c2=O)nc1. The number of carbonyl (C=O) groups excluding carboxylic acids is 1. The number of rotatable bonds is 4. The molecule has 0 atom stereocenters. The lowest BCUT2D eigenvalue weighted by Crippen LogP contribution is -2.42. The molecule has 25 heavy (non-hydrogen) atoms. The van der Waals surface area contributed by atoms with Crippen molar-refractivity contribution in [2.75, 3.05) is 12.4 Å². The Balaban J connectivity index is 1.92. The number of aromatic nitrogens is 6. The molecule has 0 aliphatic carbocycles. The van der Waals surface area contributed by atoms with E-state index in [2.05, 4.69) is 20.3 Å². The third-order valence-corrected chi connectivity index (χ3v) is 3.62. The number of fused-ring (bicyclic) bond motifs is 1. The van der Waals surface area contributed by atoms with Gasteiger partial charge >= 0.3 is 5.69 Å². The summed E-state index contributed by atoms with van der Waals surface area (Å²) in [5, 5.41) is 2.43. The lowest BCUT2D eigenvalue weighted by atomic mass is 10.4. The molecule has 0 fully saturated rings. The van der Waals surface area contributed by atoms with Crippen LogP contribution in [0.5, 0.6) is 5.75 Å². The number of ether oxygens (including phenoxy) is 1. The Labute approximate surface area is 140 Å². The summed E-state index contributed by atoms with van der Waals surface area (Å²) in [5.41, 5.74) is -0.742. The summed E-state index contributed by atoms with van der Waals surface area (Å²) in [5.74, 6) is -0.132. The van der Waals surface area contributed by atoms with Crippen LogP contribution in [0.3, 0.4) is 0 Å². The van der Waals surface area contributed by atoms with Crippen molar-refractivity contribution in [3.8, 4) is 5.75 Å². The highest BCUT2D eigenvalue weighted by atomic mass is 16.5. The molecule has 3 heterocycles. The molecule has 11 heteroatoms. The predicted octanol–water partition coefficient (Wildman–Crippen LogP) is -1.13. The molecule has 11 nitrogen and oxygen atoms in total. The van der Waals surface area contributed by atoms with Crippen molar-refractivity contribution in [2.45, 2.75) is 6.54 Å². The molecule has 3 rings (SSSR count).